The molecular weight excluding hydrogens is 418 g/mol. The molecule has 1 N–H and O–H groups in total. The predicted octanol–water partition coefficient (Wildman–Crippen LogP) is 3.55. The molecule has 0 radical (unpaired) electrons. The van der Waals surface area contributed by atoms with Crippen LogP contribution in [-0.4, -0.2) is 34.3 Å². The number of alkyl halides is 3. The largest absolute Gasteiger partial charge is 0.493 e. The number of halogens is 4. The number of fused-ring (bicyclic) bond motifs is 1. The molecule has 4 rings (SSSR count). The SMILES string of the molecule is O=C1NCCCc2c1cc(-c1ccnc(-c3cccc(F)c3)c1)n2OC(=O)C(F)(F)F. The van der Waals surface area contributed by atoms with Gasteiger partial charge in [0.05, 0.1) is 22.6 Å². The van der Waals surface area contributed by atoms with Gasteiger partial charge in [0.15, 0.2) is 0 Å². The van der Waals surface area contributed by atoms with Crippen LogP contribution in [0.2, 0.25) is 0 Å². The second-order valence-electron chi connectivity index (χ2n) is 6.86. The number of carbonyl (C=O) groups excluding carboxylic acids is 2. The molecule has 3 aromatic rings. The molecule has 10 heteroatoms. The second-order valence-corrected chi connectivity index (χ2v) is 6.86. The molecule has 0 bridgehead atoms. The van der Waals surface area contributed by atoms with Crippen LogP contribution in [0.25, 0.3) is 22.5 Å². The van der Waals surface area contributed by atoms with Gasteiger partial charge in [-0.25, -0.2) is 9.18 Å². The molecule has 0 atom stereocenters. The molecule has 0 spiro atoms. The predicted molar refractivity (Wildman–Crippen MR) is 101 cm³/mol. The zero-order valence-electron chi connectivity index (χ0n) is 15.9. The summed E-state index contributed by atoms with van der Waals surface area (Å²) in [7, 11) is 0. The van der Waals surface area contributed by atoms with Crippen molar-refractivity contribution in [3.05, 3.63) is 65.7 Å². The van der Waals surface area contributed by atoms with E-state index in [1.165, 1.54) is 42.6 Å². The minimum Gasteiger partial charge on any atom is -0.352 e. The topological polar surface area (TPSA) is 73.2 Å². The van der Waals surface area contributed by atoms with Crippen molar-refractivity contribution in [1.82, 2.24) is 15.0 Å². The van der Waals surface area contributed by atoms with Gasteiger partial charge < -0.3 is 10.2 Å². The summed E-state index contributed by atoms with van der Waals surface area (Å²) in [6.07, 6.45) is -3.14. The molecular formula is C21H15F4N3O3. The monoisotopic (exact) mass is 433 g/mol. The third kappa shape index (κ3) is 4.14. The van der Waals surface area contributed by atoms with E-state index < -0.39 is 23.9 Å². The van der Waals surface area contributed by atoms with Gasteiger partial charge in [0.1, 0.15) is 5.82 Å². The number of hydrogen-bond acceptors (Lipinski definition) is 4. The smallest absolute Gasteiger partial charge is 0.352 e. The van der Waals surface area contributed by atoms with Crippen LogP contribution in [0.15, 0.2) is 48.7 Å². The minimum atomic E-state index is -5.22. The highest BCUT2D eigenvalue weighted by atomic mass is 19.4. The number of nitrogens with zero attached hydrogens (tertiary/aromatic N) is 2. The maximum atomic E-state index is 13.6. The average Bonchev–Trinajstić information content (AvgIpc) is 2.98. The molecule has 1 aliphatic heterocycles. The van der Waals surface area contributed by atoms with Crippen LogP contribution in [-0.2, 0) is 11.2 Å². The van der Waals surface area contributed by atoms with Gasteiger partial charge in [0.2, 0.25) is 0 Å². The van der Waals surface area contributed by atoms with Crippen molar-refractivity contribution < 1.29 is 32.0 Å². The van der Waals surface area contributed by atoms with Crippen molar-refractivity contribution in [2.45, 2.75) is 19.0 Å². The number of rotatable bonds is 3. The van der Waals surface area contributed by atoms with Gasteiger partial charge in [0, 0.05) is 23.9 Å². The average molecular weight is 433 g/mol. The molecule has 0 aliphatic carbocycles. The van der Waals surface area contributed by atoms with Gasteiger partial charge >= 0.3 is 12.1 Å². The normalized spacial score (nSPS) is 13.9. The lowest BCUT2D eigenvalue weighted by molar-refractivity contribution is -0.199. The molecule has 6 nitrogen and oxygen atoms in total. The molecule has 2 aromatic heterocycles. The fourth-order valence-corrected chi connectivity index (χ4v) is 3.35. The Morgan fingerprint density at radius 3 is 2.68 bits per heavy atom. The third-order valence-electron chi connectivity index (χ3n) is 4.76. The Bertz CT molecular complexity index is 1170. The van der Waals surface area contributed by atoms with Gasteiger partial charge in [-0.15, -0.1) is 0 Å². The van der Waals surface area contributed by atoms with E-state index in [9.17, 15) is 27.2 Å². The standard InChI is InChI=1S/C21H15F4N3O3/c22-14-4-1-3-12(9-14)16-10-13(6-8-26-16)18-11-15-17(5-2-7-27-19(15)29)28(18)31-20(30)21(23,24)25/h1,3-4,6,8-11H,2,5,7H2,(H,27,29). The zero-order valence-corrected chi connectivity index (χ0v) is 15.9. The highest BCUT2D eigenvalue weighted by Gasteiger charge is 2.43. The Labute approximate surface area is 173 Å². The van der Waals surface area contributed by atoms with Crippen molar-refractivity contribution in [3.8, 4) is 22.5 Å². The highest BCUT2D eigenvalue weighted by molar-refractivity contribution is 5.97. The van der Waals surface area contributed by atoms with Crippen LogP contribution in [0, 0.1) is 5.82 Å². The maximum Gasteiger partial charge on any atom is 0.493 e. The van der Waals surface area contributed by atoms with E-state index >= 15 is 0 Å². The van der Waals surface area contributed by atoms with Crippen molar-refractivity contribution >= 4 is 11.9 Å². The van der Waals surface area contributed by atoms with Crippen molar-refractivity contribution in [3.63, 3.8) is 0 Å². The first-order valence-electron chi connectivity index (χ1n) is 9.29. The van der Waals surface area contributed by atoms with Gasteiger partial charge in [-0.1, -0.05) is 12.1 Å². The van der Waals surface area contributed by atoms with Gasteiger partial charge in [-0.2, -0.15) is 17.9 Å². The van der Waals surface area contributed by atoms with E-state index in [1.54, 1.807) is 6.07 Å². The van der Waals surface area contributed by atoms with E-state index in [4.69, 9.17) is 0 Å². The first-order valence-corrected chi connectivity index (χ1v) is 9.29. The van der Waals surface area contributed by atoms with Crippen LogP contribution in [0.1, 0.15) is 22.5 Å². The van der Waals surface area contributed by atoms with E-state index in [0.29, 0.717) is 29.8 Å². The molecule has 3 heterocycles. The Morgan fingerprint density at radius 2 is 1.94 bits per heavy atom. The van der Waals surface area contributed by atoms with E-state index in [1.807, 2.05) is 0 Å². The molecule has 1 amide bonds. The Morgan fingerprint density at radius 1 is 1.13 bits per heavy atom. The number of carbonyl (C=O) groups is 2. The summed E-state index contributed by atoms with van der Waals surface area (Å²) in [5, 5.41) is 2.65. The third-order valence-corrected chi connectivity index (χ3v) is 4.76. The van der Waals surface area contributed by atoms with Gasteiger partial charge in [-0.3, -0.25) is 9.78 Å². The lowest BCUT2D eigenvalue weighted by Gasteiger charge is -2.14. The number of benzene rings is 1. The van der Waals surface area contributed by atoms with Crippen LogP contribution >= 0.6 is 0 Å². The molecule has 0 saturated carbocycles. The van der Waals surface area contributed by atoms with E-state index in [2.05, 4.69) is 15.1 Å². The molecule has 1 aromatic carbocycles. The van der Waals surface area contributed by atoms with Gasteiger partial charge in [-0.05, 0) is 43.2 Å². The van der Waals surface area contributed by atoms with Crippen molar-refractivity contribution in [2.24, 2.45) is 0 Å². The maximum absolute atomic E-state index is 13.6. The highest BCUT2D eigenvalue weighted by Crippen LogP contribution is 2.30. The summed E-state index contributed by atoms with van der Waals surface area (Å²) in [4.78, 5) is 32.8. The van der Waals surface area contributed by atoms with E-state index in [0.717, 1.165) is 4.73 Å². The van der Waals surface area contributed by atoms with Crippen LogP contribution in [0.3, 0.4) is 0 Å². The summed E-state index contributed by atoms with van der Waals surface area (Å²) in [5.41, 5.74) is 1.49. The lowest BCUT2D eigenvalue weighted by Crippen LogP contribution is -2.34. The Kier molecular flexibility index (Phi) is 5.22. The number of hydrogen-bond donors (Lipinski definition) is 1. The van der Waals surface area contributed by atoms with Crippen LogP contribution in [0.4, 0.5) is 17.6 Å². The minimum absolute atomic E-state index is 0.0692. The Hall–Kier alpha value is -3.69. The number of nitrogens with one attached hydrogen (secondary N) is 1. The molecule has 160 valence electrons. The molecule has 0 unspecified atom stereocenters. The number of pyridine rings is 1. The fraction of sp³-hybridized carbons (Fsp3) is 0.190. The van der Waals surface area contributed by atoms with E-state index in [-0.39, 0.29) is 23.4 Å². The fourth-order valence-electron chi connectivity index (χ4n) is 3.35. The summed E-state index contributed by atoms with van der Waals surface area (Å²) in [6.45, 7) is 0.342. The van der Waals surface area contributed by atoms with Gasteiger partial charge in [0.25, 0.3) is 5.91 Å². The molecule has 31 heavy (non-hydrogen) atoms. The number of amides is 1. The zero-order chi connectivity index (χ0) is 22.2. The number of aromatic nitrogens is 2. The van der Waals surface area contributed by atoms with Crippen molar-refractivity contribution in [1.29, 1.82) is 0 Å². The molecule has 1 aliphatic rings. The quantitative estimate of drug-likeness (QED) is 0.642. The summed E-state index contributed by atoms with van der Waals surface area (Å²) < 4.78 is 53.0. The summed E-state index contributed by atoms with van der Waals surface area (Å²) in [5.74, 6) is -3.36. The van der Waals surface area contributed by atoms with Crippen LogP contribution < -0.4 is 10.2 Å². The molecule has 0 fully saturated rings. The second kappa shape index (κ2) is 7.86. The first-order chi connectivity index (χ1) is 14.7. The Balaban J connectivity index is 1.84. The summed E-state index contributed by atoms with van der Waals surface area (Å²) in [6, 6.07) is 10.0. The van der Waals surface area contributed by atoms with Crippen LogP contribution in [0.5, 0.6) is 0 Å². The molecule has 0 saturated heterocycles. The lowest BCUT2D eigenvalue weighted by atomic mass is 10.1. The van der Waals surface area contributed by atoms with Crippen molar-refractivity contribution in [2.75, 3.05) is 6.54 Å². The summed E-state index contributed by atoms with van der Waals surface area (Å²) >= 11 is 0. The first kappa shape index (κ1) is 20.6.